The summed E-state index contributed by atoms with van der Waals surface area (Å²) in [6.45, 7) is 9.81. The number of carbonyl (C=O) groups excluding carboxylic acids is 1. The van der Waals surface area contributed by atoms with Gasteiger partial charge in [-0.25, -0.2) is 0 Å². The molecule has 5 heteroatoms. The van der Waals surface area contributed by atoms with Crippen molar-refractivity contribution in [3.05, 3.63) is 23.8 Å². The first-order chi connectivity index (χ1) is 11.7. The number of nitrogens with one attached hydrogen (secondary N) is 1. The molecule has 0 aliphatic heterocycles. The molecule has 0 aromatic heterocycles. The van der Waals surface area contributed by atoms with E-state index in [2.05, 4.69) is 19.2 Å². The van der Waals surface area contributed by atoms with Crippen molar-refractivity contribution in [2.24, 2.45) is 0 Å². The van der Waals surface area contributed by atoms with E-state index >= 15 is 0 Å². The van der Waals surface area contributed by atoms with Crippen LogP contribution in [0.5, 0.6) is 11.5 Å². The number of rotatable bonds is 9. The van der Waals surface area contributed by atoms with Crippen LogP contribution in [0.25, 0.3) is 0 Å². The molecule has 0 saturated heterocycles. The average Bonchev–Trinajstić information content (AvgIpc) is 2.52. The Hall–Kier alpha value is -1.75. The molecular formula is C20H33NO4. The predicted molar refractivity (Wildman–Crippen MR) is 100 cm³/mol. The Morgan fingerprint density at radius 1 is 1.16 bits per heavy atom. The van der Waals surface area contributed by atoms with Crippen molar-refractivity contribution >= 4 is 5.97 Å². The lowest BCUT2D eigenvalue weighted by Crippen LogP contribution is -2.45. The van der Waals surface area contributed by atoms with Crippen LogP contribution in [0.1, 0.15) is 53.0 Å². The normalized spacial score (nSPS) is 13.9. The molecule has 0 bridgehead atoms. The quantitative estimate of drug-likeness (QED) is 0.687. The second-order valence-corrected chi connectivity index (χ2v) is 7.34. The van der Waals surface area contributed by atoms with Crippen LogP contribution >= 0.6 is 0 Å². The largest absolute Gasteiger partial charge is 0.493 e. The highest BCUT2D eigenvalue weighted by Crippen LogP contribution is 2.28. The maximum Gasteiger partial charge on any atom is 0.323 e. The number of methoxy groups -OCH3 is 2. The van der Waals surface area contributed by atoms with Gasteiger partial charge in [0.2, 0.25) is 0 Å². The van der Waals surface area contributed by atoms with Crippen molar-refractivity contribution in [1.29, 1.82) is 0 Å². The van der Waals surface area contributed by atoms with Crippen molar-refractivity contribution in [1.82, 2.24) is 5.32 Å². The van der Waals surface area contributed by atoms with E-state index in [1.807, 2.05) is 39.0 Å². The van der Waals surface area contributed by atoms with Gasteiger partial charge >= 0.3 is 5.97 Å². The van der Waals surface area contributed by atoms with E-state index in [4.69, 9.17) is 14.2 Å². The fourth-order valence-electron chi connectivity index (χ4n) is 2.69. The first kappa shape index (κ1) is 21.3. The zero-order valence-corrected chi connectivity index (χ0v) is 16.6. The van der Waals surface area contributed by atoms with E-state index in [9.17, 15) is 4.79 Å². The van der Waals surface area contributed by atoms with E-state index in [-0.39, 0.29) is 18.1 Å². The molecule has 142 valence electrons. The minimum Gasteiger partial charge on any atom is -0.493 e. The van der Waals surface area contributed by atoms with Crippen LogP contribution in [-0.2, 0) is 16.0 Å². The Kier molecular flexibility index (Phi) is 8.23. The standard InChI is InChI=1S/C20H33NO4/c1-8-9-16(19(22)25-20(3,4)5)21-14(2)12-15-10-11-17(23-6)18(13-15)24-7/h10-11,13-14,16,21H,8-9,12H2,1-7H3. The third kappa shape index (κ3) is 7.34. The van der Waals surface area contributed by atoms with Gasteiger partial charge in [0.15, 0.2) is 11.5 Å². The predicted octanol–water partition coefficient (Wildman–Crippen LogP) is 3.73. The molecule has 0 amide bonds. The third-order valence-electron chi connectivity index (χ3n) is 3.74. The van der Waals surface area contributed by atoms with Crippen molar-refractivity contribution in [3.8, 4) is 11.5 Å². The molecule has 2 atom stereocenters. The Balaban J connectivity index is 2.74. The van der Waals surface area contributed by atoms with Gasteiger partial charge in [0.25, 0.3) is 0 Å². The van der Waals surface area contributed by atoms with Gasteiger partial charge in [-0.3, -0.25) is 4.79 Å². The number of ether oxygens (including phenoxy) is 3. The van der Waals surface area contributed by atoms with Gasteiger partial charge < -0.3 is 19.5 Å². The molecule has 1 N–H and O–H groups in total. The van der Waals surface area contributed by atoms with E-state index in [0.717, 1.165) is 24.8 Å². The monoisotopic (exact) mass is 351 g/mol. The number of benzene rings is 1. The number of hydrogen-bond acceptors (Lipinski definition) is 5. The third-order valence-corrected chi connectivity index (χ3v) is 3.74. The highest BCUT2D eigenvalue weighted by molar-refractivity contribution is 5.76. The number of hydrogen-bond donors (Lipinski definition) is 1. The molecule has 25 heavy (non-hydrogen) atoms. The summed E-state index contributed by atoms with van der Waals surface area (Å²) in [7, 11) is 3.25. The number of esters is 1. The molecule has 0 spiro atoms. The van der Waals surface area contributed by atoms with E-state index < -0.39 is 5.60 Å². The fourth-order valence-corrected chi connectivity index (χ4v) is 2.69. The summed E-state index contributed by atoms with van der Waals surface area (Å²) in [5.41, 5.74) is 0.647. The molecule has 0 aliphatic rings. The van der Waals surface area contributed by atoms with Crippen molar-refractivity contribution < 1.29 is 19.0 Å². The molecule has 0 aliphatic carbocycles. The van der Waals surface area contributed by atoms with E-state index in [1.165, 1.54) is 0 Å². The second kappa shape index (κ2) is 9.66. The smallest absolute Gasteiger partial charge is 0.323 e. The lowest BCUT2D eigenvalue weighted by atomic mass is 10.0. The fraction of sp³-hybridized carbons (Fsp3) is 0.650. The van der Waals surface area contributed by atoms with Gasteiger partial charge in [-0.15, -0.1) is 0 Å². The van der Waals surface area contributed by atoms with Crippen molar-refractivity contribution in [2.75, 3.05) is 14.2 Å². The summed E-state index contributed by atoms with van der Waals surface area (Å²) in [5.74, 6) is 1.24. The summed E-state index contributed by atoms with van der Waals surface area (Å²) in [4.78, 5) is 12.4. The molecule has 0 radical (unpaired) electrons. The van der Waals surface area contributed by atoms with Crippen LogP contribution in [0.3, 0.4) is 0 Å². The maximum absolute atomic E-state index is 12.4. The summed E-state index contributed by atoms with van der Waals surface area (Å²) in [6.07, 6.45) is 2.45. The van der Waals surface area contributed by atoms with Gasteiger partial charge in [0, 0.05) is 6.04 Å². The van der Waals surface area contributed by atoms with Crippen LogP contribution in [0.2, 0.25) is 0 Å². The topological polar surface area (TPSA) is 56.8 Å². The van der Waals surface area contributed by atoms with Crippen LogP contribution in [-0.4, -0.2) is 37.9 Å². The zero-order chi connectivity index (χ0) is 19.0. The molecule has 0 saturated carbocycles. The minimum atomic E-state index is -0.475. The van der Waals surface area contributed by atoms with Gasteiger partial charge in [0.05, 0.1) is 14.2 Å². The Bertz CT molecular complexity index is 551. The van der Waals surface area contributed by atoms with Crippen LogP contribution in [0, 0.1) is 0 Å². The molecule has 1 rings (SSSR count). The van der Waals surface area contributed by atoms with Crippen LogP contribution in [0.15, 0.2) is 18.2 Å². The summed E-state index contributed by atoms with van der Waals surface area (Å²) >= 11 is 0. The van der Waals surface area contributed by atoms with Crippen LogP contribution in [0.4, 0.5) is 0 Å². The Morgan fingerprint density at radius 3 is 2.32 bits per heavy atom. The molecule has 1 aromatic carbocycles. The highest BCUT2D eigenvalue weighted by atomic mass is 16.6. The van der Waals surface area contributed by atoms with Crippen molar-refractivity contribution in [2.45, 2.75) is 71.6 Å². The molecule has 5 nitrogen and oxygen atoms in total. The molecule has 1 aromatic rings. The molecular weight excluding hydrogens is 318 g/mol. The minimum absolute atomic E-state index is 0.127. The summed E-state index contributed by atoms with van der Waals surface area (Å²) in [6, 6.07) is 5.72. The Labute approximate surface area is 152 Å². The van der Waals surface area contributed by atoms with Gasteiger partial charge in [-0.1, -0.05) is 19.4 Å². The molecule has 2 unspecified atom stereocenters. The lowest BCUT2D eigenvalue weighted by Gasteiger charge is -2.26. The Morgan fingerprint density at radius 2 is 1.80 bits per heavy atom. The van der Waals surface area contributed by atoms with Gasteiger partial charge in [-0.2, -0.15) is 0 Å². The molecule has 0 fully saturated rings. The number of carbonyl (C=O) groups is 1. The van der Waals surface area contributed by atoms with E-state index in [0.29, 0.717) is 11.5 Å². The maximum atomic E-state index is 12.4. The van der Waals surface area contributed by atoms with Crippen LogP contribution < -0.4 is 14.8 Å². The molecule has 0 heterocycles. The SMILES string of the molecule is CCCC(NC(C)Cc1ccc(OC)c(OC)c1)C(=O)OC(C)(C)C. The van der Waals surface area contributed by atoms with Crippen molar-refractivity contribution in [3.63, 3.8) is 0 Å². The zero-order valence-electron chi connectivity index (χ0n) is 16.6. The first-order valence-corrected chi connectivity index (χ1v) is 8.90. The van der Waals surface area contributed by atoms with E-state index in [1.54, 1.807) is 14.2 Å². The first-order valence-electron chi connectivity index (χ1n) is 8.90. The van der Waals surface area contributed by atoms with Gasteiger partial charge in [-0.05, 0) is 58.2 Å². The summed E-state index contributed by atoms with van der Waals surface area (Å²) in [5, 5.41) is 3.41. The second-order valence-electron chi connectivity index (χ2n) is 7.34. The summed E-state index contributed by atoms with van der Waals surface area (Å²) < 4.78 is 16.2. The van der Waals surface area contributed by atoms with Gasteiger partial charge in [0.1, 0.15) is 11.6 Å². The lowest BCUT2D eigenvalue weighted by molar-refractivity contribution is -0.157. The highest BCUT2D eigenvalue weighted by Gasteiger charge is 2.25. The average molecular weight is 351 g/mol.